The molecule has 0 atom stereocenters. The number of hydrogen-bond acceptors (Lipinski definition) is 7. The van der Waals surface area contributed by atoms with Crippen LogP contribution in [0.25, 0.3) is 86.7 Å². The molecule has 0 unspecified atom stereocenters. The minimum atomic E-state index is 0.362. The maximum atomic E-state index is 9.40. The molecule has 5 heterocycles. The molecule has 0 aliphatic carbocycles. The molecule has 0 amide bonds. The van der Waals surface area contributed by atoms with Gasteiger partial charge in [0.2, 0.25) is 0 Å². The predicted octanol–water partition coefficient (Wildman–Crippen LogP) is 10.4. The van der Waals surface area contributed by atoms with Crippen LogP contribution in [0.4, 0.5) is 0 Å². The van der Waals surface area contributed by atoms with Gasteiger partial charge in [0.25, 0.3) is 0 Å². The van der Waals surface area contributed by atoms with Crippen molar-refractivity contribution in [1.82, 2.24) is 19.9 Å². The molecule has 226 valence electrons. The van der Waals surface area contributed by atoms with Crippen LogP contribution in [-0.2, 0) is 0 Å². The van der Waals surface area contributed by atoms with Crippen LogP contribution in [0.2, 0.25) is 0 Å². The molecule has 0 saturated heterocycles. The molecule has 4 aromatic carbocycles. The van der Waals surface area contributed by atoms with Gasteiger partial charge < -0.3 is 0 Å². The molecule has 0 aliphatic rings. The molecule has 9 rings (SSSR count). The highest BCUT2D eigenvalue weighted by Gasteiger charge is 2.19. The molecule has 5 aromatic heterocycles. The van der Waals surface area contributed by atoms with E-state index in [1.807, 2.05) is 48.5 Å². The first-order valence-corrected chi connectivity index (χ1v) is 16.5. The standard InChI is InChI=1S/C42H22N6S/c43-23-27-19-25(15-17-45-27)35-11-5-13-37(47-35)33-21-39-41(31-9-3-1-7-29(31)33)42-32-10-4-2-8-30(32)34(22-40(42)49-39)38-14-6-12-36(48-38)26-16-18-46-28(20-26)24-44/h1-22H. The van der Waals surface area contributed by atoms with Gasteiger partial charge in [0.1, 0.15) is 23.5 Å². The van der Waals surface area contributed by atoms with Crippen molar-refractivity contribution in [1.29, 1.82) is 10.5 Å². The number of thiophene rings is 1. The Morgan fingerprint density at radius 3 is 1.33 bits per heavy atom. The van der Waals surface area contributed by atoms with Crippen molar-refractivity contribution < 1.29 is 0 Å². The summed E-state index contributed by atoms with van der Waals surface area (Å²) in [6.07, 6.45) is 3.30. The Balaban J connectivity index is 1.27. The molecular weight excluding hydrogens is 621 g/mol. The van der Waals surface area contributed by atoms with E-state index in [2.05, 4.69) is 82.8 Å². The van der Waals surface area contributed by atoms with Crippen LogP contribution in [0.3, 0.4) is 0 Å². The van der Waals surface area contributed by atoms with E-state index in [9.17, 15) is 10.5 Å². The van der Waals surface area contributed by atoms with Crippen LogP contribution >= 0.6 is 11.3 Å². The van der Waals surface area contributed by atoms with Gasteiger partial charge in [-0.3, -0.25) is 0 Å². The summed E-state index contributed by atoms with van der Waals surface area (Å²) in [4.78, 5) is 18.4. The number of hydrogen-bond donors (Lipinski definition) is 0. The normalized spacial score (nSPS) is 11.2. The zero-order valence-corrected chi connectivity index (χ0v) is 26.6. The Labute approximate surface area is 284 Å². The first-order valence-electron chi connectivity index (χ1n) is 15.7. The average Bonchev–Trinajstić information content (AvgIpc) is 3.56. The van der Waals surface area contributed by atoms with Crippen LogP contribution in [0, 0.1) is 22.7 Å². The van der Waals surface area contributed by atoms with E-state index in [0.29, 0.717) is 11.4 Å². The summed E-state index contributed by atoms with van der Waals surface area (Å²) in [6, 6.07) is 45.3. The largest absolute Gasteiger partial charge is 0.248 e. The molecular formula is C42H22N6S. The van der Waals surface area contributed by atoms with Gasteiger partial charge in [0.15, 0.2) is 0 Å². The van der Waals surface area contributed by atoms with Crippen molar-refractivity contribution in [3.8, 4) is 57.2 Å². The van der Waals surface area contributed by atoms with Gasteiger partial charge in [0.05, 0.1) is 22.8 Å². The number of fused-ring (bicyclic) bond motifs is 7. The molecule has 7 heteroatoms. The smallest absolute Gasteiger partial charge is 0.141 e. The predicted molar refractivity (Wildman–Crippen MR) is 197 cm³/mol. The Morgan fingerprint density at radius 2 is 0.878 bits per heavy atom. The molecule has 0 saturated carbocycles. The van der Waals surface area contributed by atoms with Crippen molar-refractivity contribution in [2.45, 2.75) is 0 Å². The lowest BCUT2D eigenvalue weighted by atomic mass is 9.93. The van der Waals surface area contributed by atoms with Crippen LogP contribution in [0.15, 0.2) is 134 Å². The zero-order chi connectivity index (χ0) is 32.9. The third-order valence-corrected chi connectivity index (χ3v) is 9.96. The summed E-state index contributed by atoms with van der Waals surface area (Å²) < 4.78 is 2.35. The number of nitrogens with zero attached hydrogens (tertiary/aromatic N) is 6. The summed E-state index contributed by atoms with van der Waals surface area (Å²) in [6.45, 7) is 0. The van der Waals surface area contributed by atoms with E-state index in [0.717, 1.165) is 55.8 Å². The van der Waals surface area contributed by atoms with Gasteiger partial charge in [-0.25, -0.2) is 19.9 Å². The summed E-state index contributed by atoms with van der Waals surface area (Å²) in [5.74, 6) is 0. The molecule has 0 fully saturated rings. The van der Waals surface area contributed by atoms with Crippen LogP contribution in [0.5, 0.6) is 0 Å². The first kappa shape index (κ1) is 28.4. The van der Waals surface area contributed by atoms with Crippen LogP contribution < -0.4 is 0 Å². The van der Waals surface area contributed by atoms with Crippen LogP contribution in [0.1, 0.15) is 11.4 Å². The van der Waals surface area contributed by atoms with Gasteiger partial charge in [-0.15, -0.1) is 11.3 Å². The van der Waals surface area contributed by atoms with E-state index in [4.69, 9.17) is 9.97 Å². The summed E-state index contributed by atoms with van der Waals surface area (Å²) in [5.41, 5.74) is 7.85. The lowest BCUT2D eigenvalue weighted by Gasteiger charge is -2.12. The Hall–Kier alpha value is -6.80. The molecule has 49 heavy (non-hydrogen) atoms. The van der Waals surface area contributed by atoms with Crippen molar-refractivity contribution in [2.24, 2.45) is 0 Å². The quantitative estimate of drug-likeness (QED) is 0.189. The maximum Gasteiger partial charge on any atom is 0.141 e. The summed E-state index contributed by atoms with van der Waals surface area (Å²) >= 11 is 1.78. The number of aromatic nitrogens is 4. The second-order valence-electron chi connectivity index (χ2n) is 11.7. The number of benzene rings is 4. The molecule has 9 aromatic rings. The fourth-order valence-electron chi connectivity index (χ4n) is 6.71. The van der Waals surface area contributed by atoms with Crippen molar-refractivity contribution >= 4 is 53.1 Å². The second kappa shape index (κ2) is 11.5. The highest BCUT2D eigenvalue weighted by molar-refractivity contribution is 7.26. The average molecular weight is 643 g/mol. The van der Waals surface area contributed by atoms with E-state index in [-0.39, 0.29) is 0 Å². The molecule has 6 nitrogen and oxygen atoms in total. The number of nitriles is 2. The topological polar surface area (TPSA) is 99.1 Å². The van der Waals surface area contributed by atoms with Gasteiger partial charge >= 0.3 is 0 Å². The Kier molecular flexibility index (Phi) is 6.65. The van der Waals surface area contributed by atoms with Gasteiger partial charge in [-0.1, -0.05) is 60.7 Å². The van der Waals surface area contributed by atoms with E-state index in [1.165, 1.54) is 30.9 Å². The summed E-state index contributed by atoms with van der Waals surface area (Å²) in [7, 11) is 0. The van der Waals surface area contributed by atoms with Gasteiger partial charge in [-0.2, -0.15) is 10.5 Å². The van der Waals surface area contributed by atoms with Gasteiger partial charge in [0, 0.05) is 54.8 Å². The van der Waals surface area contributed by atoms with E-state index in [1.54, 1.807) is 35.9 Å². The Bertz CT molecular complexity index is 2680. The summed E-state index contributed by atoms with van der Waals surface area (Å²) in [5, 5.41) is 25.9. The third kappa shape index (κ3) is 4.77. The first-order chi connectivity index (χ1) is 24.2. The molecule has 0 bridgehead atoms. The highest BCUT2D eigenvalue weighted by atomic mass is 32.1. The molecule has 0 spiro atoms. The van der Waals surface area contributed by atoms with E-state index >= 15 is 0 Å². The van der Waals surface area contributed by atoms with Crippen molar-refractivity contribution in [3.63, 3.8) is 0 Å². The lowest BCUT2D eigenvalue weighted by Crippen LogP contribution is -1.91. The van der Waals surface area contributed by atoms with E-state index < -0.39 is 0 Å². The fraction of sp³-hybridized carbons (Fsp3) is 0. The molecule has 0 radical (unpaired) electrons. The number of rotatable bonds is 4. The second-order valence-corrected chi connectivity index (χ2v) is 12.8. The minimum Gasteiger partial charge on any atom is -0.248 e. The highest BCUT2D eigenvalue weighted by Crippen LogP contribution is 2.47. The SMILES string of the molecule is N#Cc1cc(-c2cccc(-c3cc4sc5cc(-c6cccc(-c7ccnc(C#N)c7)n6)c6ccccc6c5c4c4ccccc34)n2)ccn1. The lowest BCUT2D eigenvalue weighted by molar-refractivity contribution is 1.25. The Morgan fingerprint density at radius 1 is 0.449 bits per heavy atom. The maximum absolute atomic E-state index is 9.40. The number of pyridine rings is 4. The van der Waals surface area contributed by atoms with Crippen molar-refractivity contribution in [2.75, 3.05) is 0 Å². The van der Waals surface area contributed by atoms with Crippen molar-refractivity contribution in [3.05, 3.63) is 145 Å². The van der Waals surface area contributed by atoms with Gasteiger partial charge in [-0.05, 0) is 82.2 Å². The van der Waals surface area contributed by atoms with Crippen LogP contribution in [-0.4, -0.2) is 19.9 Å². The molecule has 0 N–H and O–H groups in total. The third-order valence-electron chi connectivity index (χ3n) is 8.88. The fourth-order valence-corrected chi connectivity index (χ4v) is 7.93. The minimum absolute atomic E-state index is 0.362. The zero-order valence-electron chi connectivity index (χ0n) is 25.8. The molecule has 0 aliphatic heterocycles. The monoisotopic (exact) mass is 642 g/mol.